The van der Waals surface area contributed by atoms with Crippen LogP contribution < -0.4 is 4.18 Å². The lowest BCUT2D eigenvalue weighted by molar-refractivity contribution is -0.105. The zero-order chi connectivity index (χ0) is 23.2. The summed E-state index contributed by atoms with van der Waals surface area (Å²) in [5.74, 6) is -0.627. The van der Waals surface area contributed by atoms with Crippen molar-refractivity contribution in [2.75, 3.05) is 13.1 Å². The molecule has 0 radical (unpaired) electrons. The number of rotatable bonds is 3. The number of hydrogen-bond donors (Lipinski definition) is 1. The number of nitrogens with zero attached hydrogens (tertiary/aromatic N) is 1. The van der Waals surface area contributed by atoms with Crippen molar-refractivity contribution < 1.29 is 40.4 Å². The van der Waals surface area contributed by atoms with Crippen molar-refractivity contribution >= 4 is 16.2 Å². The molecule has 2 fully saturated rings. The minimum absolute atomic E-state index is 0.214. The highest BCUT2D eigenvalue weighted by atomic mass is 32.2. The molecule has 2 aliphatic heterocycles. The van der Waals surface area contributed by atoms with E-state index in [4.69, 9.17) is 4.74 Å². The van der Waals surface area contributed by atoms with Crippen molar-refractivity contribution in [1.82, 2.24) is 4.90 Å². The van der Waals surface area contributed by atoms with Crippen LogP contribution in [0.1, 0.15) is 51.5 Å². The summed E-state index contributed by atoms with van der Waals surface area (Å²) in [5, 5.41) is 9.20. The summed E-state index contributed by atoms with van der Waals surface area (Å²) >= 11 is 0. The van der Waals surface area contributed by atoms with Crippen LogP contribution in [0.4, 0.5) is 18.0 Å². The van der Waals surface area contributed by atoms with Gasteiger partial charge in [0.15, 0.2) is 0 Å². The smallest absolute Gasteiger partial charge is 0.465 e. The Morgan fingerprint density at radius 1 is 1.23 bits per heavy atom. The van der Waals surface area contributed by atoms with Gasteiger partial charge in [-0.15, -0.1) is 0 Å². The van der Waals surface area contributed by atoms with Crippen molar-refractivity contribution in [3.05, 3.63) is 29.8 Å². The summed E-state index contributed by atoms with van der Waals surface area (Å²) in [7, 11) is -5.77. The molecular formula is C20H26F3NO6S. The summed E-state index contributed by atoms with van der Waals surface area (Å²) in [5.41, 5.74) is -5.75. The number of amides is 1. The molecule has 0 bridgehead atoms. The average Bonchev–Trinajstić information content (AvgIpc) is 3.01. The molecule has 31 heavy (non-hydrogen) atoms. The Morgan fingerprint density at radius 2 is 1.84 bits per heavy atom. The number of halogens is 3. The zero-order valence-corrected chi connectivity index (χ0v) is 18.3. The predicted molar refractivity (Wildman–Crippen MR) is 105 cm³/mol. The van der Waals surface area contributed by atoms with Gasteiger partial charge in [-0.3, -0.25) is 0 Å². The van der Waals surface area contributed by atoms with Crippen molar-refractivity contribution in [3.63, 3.8) is 0 Å². The molecule has 2 heterocycles. The van der Waals surface area contributed by atoms with E-state index in [9.17, 15) is 31.5 Å². The molecule has 1 unspecified atom stereocenters. The van der Waals surface area contributed by atoms with E-state index in [1.54, 1.807) is 6.07 Å². The van der Waals surface area contributed by atoms with Gasteiger partial charge in [0, 0.05) is 19.0 Å². The van der Waals surface area contributed by atoms with Gasteiger partial charge in [0.25, 0.3) is 0 Å². The van der Waals surface area contributed by atoms with Crippen LogP contribution in [0.25, 0.3) is 0 Å². The topological polar surface area (TPSA) is 93.1 Å². The molecule has 1 N–H and O–H groups in total. The highest BCUT2D eigenvalue weighted by molar-refractivity contribution is 7.88. The van der Waals surface area contributed by atoms with Crippen molar-refractivity contribution in [1.29, 1.82) is 0 Å². The molecule has 0 aliphatic carbocycles. The predicted octanol–water partition coefficient (Wildman–Crippen LogP) is 4.35. The lowest BCUT2D eigenvalue weighted by atomic mass is 9.75. The van der Waals surface area contributed by atoms with Gasteiger partial charge in [0.1, 0.15) is 5.75 Å². The molecule has 1 aromatic carbocycles. The second-order valence-electron chi connectivity index (χ2n) is 9.22. The molecule has 1 spiro atoms. The minimum Gasteiger partial charge on any atom is -0.465 e. The average molecular weight is 465 g/mol. The van der Waals surface area contributed by atoms with Gasteiger partial charge in [0.2, 0.25) is 0 Å². The Morgan fingerprint density at radius 3 is 2.35 bits per heavy atom. The number of hydrogen-bond acceptors (Lipinski definition) is 5. The van der Waals surface area contributed by atoms with Crippen LogP contribution in [0.5, 0.6) is 5.75 Å². The lowest BCUT2D eigenvalue weighted by Gasteiger charge is -2.39. The van der Waals surface area contributed by atoms with Crippen molar-refractivity contribution in [2.45, 2.75) is 63.2 Å². The van der Waals surface area contributed by atoms with Crippen molar-refractivity contribution in [2.24, 2.45) is 5.41 Å². The standard InChI is InChI=1S/C20H26F3NO6S/c1-18(2,3)16-15(12-19(29-16)7-9-24(10-8-19)17(25)26)13-5-4-6-14(11-13)30-31(27,28)20(21,22)23/h4-6,11,15-16H,7-10,12H2,1-3H3,(H,25,26)/t15-,16?/m1/s1. The third kappa shape index (κ3) is 4.92. The van der Waals surface area contributed by atoms with Gasteiger partial charge in [0.05, 0.1) is 11.7 Å². The Balaban J connectivity index is 1.88. The normalized spacial score (nSPS) is 24.4. The van der Waals surface area contributed by atoms with Gasteiger partial charge in [-0.05, 0) is 42.4 Å². The van der Waals surface area contributed by atoms with E-state index in [1.165, 1.54) is 17.0 Å². The third-order valence-electron chi connectivity index (χ3n) is 5.91. The van der Waals surface area contributed by atoms with E-state index in [0.717, 1.165) is 6.07 Å². The Bertz CT molecular complexity index is 933. The summed E-state index contributed by atoms with van der Waals surface area (Å²) < 4.78 is 71.6. The molecule has 2 atom stereocenters. The number of likely N-dealkylation sites (tertiary alicyclic amines) is 1. The first-order valence-corrected chi connectivity index (χ1v) is 11.3. The van der Waals surface area contributed by atoms with Gasteiger partial charge in [-0.1, -0.05) is 32.9 Å². The minimum atomic E-state index is -5.77. The van der Waals surface area contributed by atoms with Crippen LogP contribution in [-0.4, -0.2) is 54.8 Å². The fourth-order valence-electron chi connectivity index (χ4n) is 4.38. The molecule has 0 saturated carbocycles. The van der Waals surface area contributed by atoms with Crippen LogP contribution in [0.15, 0.2) is 24.3 Å². The van der Waals surface area contributed by atoms with Crippen LogP contribution in [-0.2, 0) is 14.9 Å². The first-order chi connectivity index (χ1) is 14.1. The quantitative estimate of drug-likeness (QED) is 0.527. The Hall–Kier alpha value is -2.01. The van der Waals surface area contributed by atoms with E-state index >= 15 is 0 Å². The molecule has 1 aromatic rings. The Kier molecular flexibility index (Phi) is 5.98. The van der Waals surface area contributed by atoms with E-state index in [1.807, 2.05) is 20.8 Å². The highest BCUT2D eigenvalue weighted by Gasteiger charge is 2.52. The van der Waals surface area contributed by atoms with E-state index in [-0.39, 0.29) is 17.4 Å². The lowest BCUT2D eigenvalue weighted by Crippen LogP contribution is -2.46. The number of alkyl halides is 3. The summed E-state index contributed by atoms with van der Waals surface area (Å²) in [6.45, 7) is 6.65. The van der Waals surface area contributed by atoms with E-state index in [0.29, 0.717) is 37.9 Å². The summed E-state index contributed by atoms with van der Waals surface area (Å²) in [6, 6.07) is 5.64. The monoisotopic (exact) mass is 465 g/mol. The van der Waals surface area contributed by atoms with Crippen molar-refractivity contribution in [3.8, 4) is 5.75 Å². The first-order valence-electron chi connectivity index (χ1n) is 9.90. The Labute approximate surface area is 179 Å². The van der Waals surface area contributed by atoms with Crippen LogP contribution in [0.3, 0.4) is 0 Å². The molecule has 1 amide bonds. The maximum Gasteiger partial charge on any atom is 0.534 e. The molecule has 7 nitrogen and oxygen atoms in total. The largest absolute Gasteiger partial charge is 0.534 e. The van der Waals surface area contributed by atoms with E-state index < -0.39 is 33.1 Å². The fourth-order valence-corrected chi connectivity index (χ4v) is 4.83. The fraction of sp³-hybridized carbons (Fsp3) is 0.650. The highest BCUT2D eigenvalue weighted by Crippen LogP contribution is 2.51. The number of ether oxygens (including phenoxy) is 1. The zero-order valence-electron chi connectivity index (χ0n) is 17.5. The van der Waals surface area contributed by atoms with Gasteiger partial charge < -0.3 is 18.9 Å². The van der Waals surface area contributed by atoms with Gasteiger partial charge in [-0.2, -0.15) is 21.6 Å². The van der Waals surface area contributed by atoms with Gasteiger partial charge in [-0.25, -0.2) is 4.79 Å². The maximum atomic E-state index is 12.7. The second-order valence-corrected chi connectivity index (χ2v) is 10.8. The molecule has 2 aliphatic rings. The second kappa shape index (κ2) is 7.84. The molecule has 174 valence electrons. The number of piperidine rings is 1. The number of benzene rings is 1. The molecule has 0 aromatic heterocycles. The van der Waals surface area contributed by atoms with Gasteiger partial charge >= 0.3 is 21.7 Å². The maximum absolute atomic E-state index is 12.7. The third-order valence-corrected chi connectivity index (χ3v) is 6.89. The van der Waals surface area contributed by atoms with Crippen LogP contribution >= 0.6 is 0 Å². The van der Waals surface area contributed by atoms with Crippen LogP contribution in [0, 0.1) is 5.41 Å². The SMILES string of the molecule is CC(C)(C)C1OC2(CCN(C(=O)O)CC2)C[C@@H]1c1cccc(OS(=O)(=O)C(F)(F)F)c1. The molecule has 3 rings (SSSR count). The van der Waals surface area contributed by atoms with E-state index in [2.05, 4.69) is 4.18 Å². The first kappa shape index (κ1) is 23.6. The molecule has 11 heteroatoms. The number of carbonyl (C=O) groups is 1. The summed E-state index contributed by atoms with van der Waals surface area (Å²) in [4.78, 5) is 12.6. The molecular weight excluding hydrogens is 439 g/mol. The number of carboxylic acid groups (broad SMARTS) is 1. The molecule has 2 saturated heterocycles. The summed E-state index contributed by atoms with van der Waals surface area (Å²) in [6.07, 6.45) is 0.311. The van der Waals surface area contributed by atoms with Crippen LogP contribution in [0.2, 0.25) is 0 Å².